The number of hydrogen-bond acceptors (Lipinski definition) is 3. The van der Waals surface area contributed by atoms with Crippen molar-refractivity contribution in [2.75, 3.05) is 0 Å². The minimum Gasteiger partial charge on any atom is -0.304 e. The normalized spacial score (nSPS) is 39.6. The third kappa shape index (κ3) is 1.89. The molecule has 3 nitrogen and oxygen atoms in total. The second-order valence-electron chi connectivity index (χ2n) is 5.93. The number of amidine groups is 1. The first-order valence-corrected chi connectivity index (χ1v) is 8.06. The van der Waals surface area contributed by atoms with Gasteiger partial charge in [-0.05, 0) is 43.9 Å². The van der Waals surface area contributed by atoms with E-state index < -0.39 is 0 Å². The van der Waals surface area contributed by atoms with E-state index in [1.165, 1.54) is 25.7 Å². The second kappa shape index (κ2) is 4.55. The number of amides is 1. The summed E-state index contributed by atoms with van der Waals surface area (Å²) >= 11 is 1.67. The number of hydrogen-bond donors (Lipinski definition) is 1. The molecule has 1 unspecified atom stereocenters. The molecule has 18 heavy (non-hydrogen) atoms. The monoisotopic (exact) mass is 266 g/mol. The molecule has 0 spiro atoms. The minimum absolute atomic E-state index is 0.166. The van der Waals surface area contributed by atoms with Crippen LogP contribution in [0.15, 0.2) is 4.99 Å². The third-order valence-corrected chi connectivity index (χ3v) is 6.61. The summed E-state index contributed by atoms with van der Waals surface area (Å²) < 4.78 is -0.254. The molecule has 0 aromatic heterocycles. The van der Waals surface area contributed by atoms with Crippen LogP contribution in [0.1, 0.15) is 52.4 Å². The van der Waals surface area contributed by atoms with E-state index in [9.17, 15) is 4.79 Å². The summed E-state index contributed by atoms with van der Waals surface area (Å²) in [5.41, 5.74) is 0. The summed E-state index contributed by atoms with van der Waals surface area (Å²) in [6.45, 7) is 4.19. The van der Waals surface area contributed by atoms with E-state index in [-0.39, 0.29) is 10.7 Å². The maximum absolute atomic E-state index is 12.1. The van der Waals surface area contributed by atoms with E-state index in [0.717, 1.165) is 29.8 Å². The highest BCUT2D eigenvalue weighted by atomic mass is 32.2. The van der Waals surface area contributed by atoms with E-state index in [4.69, 9.17) is 4.99 Å². The molecule has 1 N–H and O–H groups in total. The number of nitrogens with one attached hydrogen (secondary N) is 1. The van der Waals surface area contributed by atoms with Crippen LogP contribution >= 0.6 is 11.8 Å². The van der Waals surface area contributed by atoms with E-state index in [2.05, 4.69) is 19.2 Å². The molecule has 2 aliphatic carbocycles. The Hall–Kier alpha value is -0.510. The lowest BCUT2D eigenvalue weighted by Gasteiger charge is -2.20. The molecule has 1 saturated heterocycles. The molecule has 4 heteroatoms. The Kier molecular flexibility index (Phi) is 3.16. The fourth-order valence-electron chi connectivity index (χ4n) is 3.76. The Morgan fingerprint density at radius 3 is 2.61 bits per heavy atom. The van der Waals surface area contributed by atoms with Gasteiger partial charge in [-0.25, -0.2) is 0 Å². The lowest BCUT2D eigenvalue weighted by Crippen LogP contribution is -2.35. The molecule has 1 aliphatic heterocycles. The van der Waals surface area contributed by atoms with Crippen LogP contribution in [0.4, 0.5) is 0 Å². The number of nitrogens with zero attached hydrogens (tertiary/aromatic N) is 1. The highest BCUT2D eigenvalue weighted by Gasteiger charge is 2.45. The molecule has 1 amide bonds. The zero-order valence-corrected chi connectivity index (χ0v) is 12.1. The van der Waals surface area contributed by atoms with Gasteiger partial charge in [0, 0.05) is 0 Å². The Morgan fingerprint density at radius 1 is 1.33 bits per heavy atom. The number of rotatable bonds is 3. The average Bonchev–Trinajstić information content (AvgIpc) is 3.04. The number of carbonyl (C=O) groups is 1. The molecule has 3 fully saturated rings. The van der Waals surface area contributed by atoms with Crippen molar-refractivity contribution in [1.82, 2.24) is 5.32 Å². The summed E-state index contributed by atoms with van der Waals surface area (Å²) in [6.07, 6.45) is 7.13. The van der Waals surface area contributed by atoms with Crippen molar-refractivity contribution in [3.05, 3.63) is 0 Å². The highest BCUT2D eigenvalue weighted by molar-refractivity contribution is 8.16. The molecule has 0 aromatic carbocycles. The van der Waals surface area contributed by atoms with Gasteiger partial charge >= 0.3 is 0 Å². The fourth-order valence-corrected chi connectivity index (χ4v) is 4.90. The SMILES string of the molecule is CCC1(CC)SC(=NC2C[C@@H]3CC[C@H]2C3)NC1=O. The van der Waals surface area contributed by atoms with E-state index in [1.807, 2.05) is 0 Å². The van der Waals surface area contributed by atoms with Gasteiger partial charge in [-0.15, -0.1) is 0 Å². The summed E-state index contributed by atoms with van der Waals surface area (Å²) in [6, 6.07) is 0.482. The lowest BCUT2D eigenvalue weighted by molar-refractivity contribution is -0.121. The van der Waals surface area contributed by atoms with Gasteiger partial charge in [0.15, 0.2) is 5.17 Å². The van der Waals surface area contributed by atoms with Crippen LogP contribution < -0.4 is 5.32 Å². The quantitative estimate of drug-likeness (QED) is 0.853. The molecule has 0 aromatic rings. The maximum atomic E-state index is 12.1. The largest absolute Gasteiger partial charge is 0.304 e. The lowest BCUT2D eigenvalue weighted by atomic mass is 9.96. The topological polar surface area (TPSA) is 41.5 Å². The van der Waals surface area contributed by atoms with E-state index in [0.29, 0.717) is 6.04 Å². The van der Waals surface area contributed by atoms with Crippen molar-refractivity contribution in [3.63, 3.8) is 0 Å². The first kappa shape index (κ1) is 12.5. The molecule has 100 valence electrons. The van der Waals surface area contributed by atoms with Crippen molar-refractivity contribution in [3.8, 4) is 0 Å². The van der Waals surface area contributed by atoms with Gasteiger partial charge < -0.3 is 5.32 Å². The van der Waals surface area contributed by atoms with Crippen molar-refractivity contribution < 1.29 is 4.79 Å². The molecule has 1 heterocycles. The first-order valence-electron chi connectivity index (χ1n) is 7.25. The van der Waals surface area contributed by atoms with Gasteiger partial charge in [0.1, 0.15) is 4.75 Å². The Labute approximate surface area is 113 Å². The molecule has 3 aliphatic rings. The van der Waals surface area contributed by atoms with Crippen LogP contribution in [0.3, 0.4) is 0 Å². The predicted molar refractivity (Wildman–Crippen MR) is 75.7 cm³/mol. The zero-order valence-electron chi connectivity index (χ0n) is 11.2. The fraction of sp³-hybridized carbons (Fsp3) is 0.857. The van der Waals surface area contributed by atoms with Crippen molar-refractivity contribution in [2.24, 2.45) is 16.8 Å². The van der Waals surface area contributed by atoms with E-state index in [1.54, 1.807) is 11.8 Å². The summed E-state index contributed by atoms with van der Waals surface area (Å²) in [5.74, 6) is 1.87. The minimum atomic E-state index is -0.254. The van der Waals surface area contributed by atoms with Gasteiger partial charge in [0.05, 0.1) is 6.04 Å². The standard InChI is InChI=1S/C14H22N2OS/c1-3-14(4-2)12(17)16-13(18-14)15-11-8-9-5-6-10(11)7-9/h9-11H,3-8H2,1-2H3,(H,15,16,17)/t9-,10+,11?/m1/s1. The second-order valence-corrected chi connectivity index (χ2v) is 7.31. The van der Waals surface area contributed by atoms with Crippen molar-refractivity contribution in [1.29, 1.82) is 0 Å². The smallest absolute Gasteiger partial charge is 0.242 e. The van der Waals surface area contributed by atoms with Crippen LogP contribution in [-0.4, -0.2) is 21.9 Å². The predicted octanol–water partition coefficient (Wildman–Crippen LogP) is 2.95. The Balaban J connectivity index is 1.73. The summed E-state index contributed by atoms with van der Waals surface area (Å²) in [5, 5.41) is 3.90. The van der Waals surface area contributed by atoms with Gasteiger partial charge in [0.25, 0.3) is 0 Å². The number of carbonyl (C=O) groups excluding carboxylic acids is 1. The third-order valence-electron chi connectivity index (χ3n) is 5.05. The van der Waals surface area contributed by atoms with Gasteiger partial charge in [-0.1, -0.05) is 32.0 Å². The summed E-state index contributed by atoms with van der Waals surface area (Å²) in [7, 11) is 0. The van der Waals surface area contributed by atoms with Crippen LogP contribution in [0, 0.1) is 11.8 Å². The zero-order chi connectivity index (χ0) is 12.8. The Morgan fingerprint density at radius 2 is 2.11 bits per heavy atom. The average molecular weight is 266 g/mol. The number of fused-ring (bicyclic) bond motifs is 2. The molecular weight excluding hydrogens is 244 g/mol. The molecule has 3 rings (SSSR count). The molecular formula is C14H22N2OS. The summed E-state index contributed by atoms with van der Waals surface area (Å²) in [4.78, 5) is 16.9. The highest BCUT2D eigenvalue weighted by Crippen LogP contribution is 2.47. The first-order chi connectivity index (χ1) is 8.66. The van der Waals surface area contributed by atoms with Crippen LogP contribution in [-0.2, 0) is 4.79 Å². The molecule has 0 radical (unpaired) electrons. The van der Waals surface area contributed by atoms with Gasteiger partial charge in [0.2, 0.25) is 5.91 Å². The maximum Gasteiger partial charge on any atom is 0.242 e. The number of thioether (sulfide) groups is 1. The van der Waals surface area contributed by atoms with Gasteiger partial charge in [-0.3, -0.25) is 9.79 Å². The number of aliphatic imine (C=N–C) groups is 1. The van der Waals surface area contributed by atoms with Crippen LogP contribution in [0.25, 0.3) is 0 Å². The molecule has 3 atom stereocenters. The Bertz CT molecular complexity index is 389. The van der Waals surface area contributed by atoms with Crippen LogP contribution in [0.5, 0.6) is 0 Å². The van der Waals surface area contributed by atoms with Crippen LogP contribution in [0.2, 0.25) is 0 Å². The van der Waals surface area contributed by atoms with Gasteiger partial charge in [-0.2, -0.15) is 0 Å². The van der Waals surface area contributed by atoms with E-state index >= 15 is 0 Å². The van der Waals surface area contributed by atoms with Crippen molar-refractivity contribution >= 4 is 22.8 Å². The van der Waals surface area contributed by atoms with Crippen molar-refractivity contribution in [2.45, 2.75) is 63.2 Å². The molecule has 2 bridgehead atoms. The molecule has 2 saturated carbocycles.